The van der Waals surface area contributed by atoms with Gasteiger partial charge in [0.2, 0.25) is 0 Å². The number of aryl methyl sites for hydroxylation is 2. The van der Waals surface area contributed by atoms with Crippen LogP contribution in [0.3, 0.4) is 0 Å². The first-order valence-electron chi connectivity index (χ1n) is 8.22. The van der Waals surface area contributed by atoms with E-state index in [1.54, 1.807) is 11.3 Å². The average Bonchev–Trinajstić information content (AvgIpc) is 3.07. The molecule has 1 saturated heterocycles. The smallest absolute Gasteiger partial charge is 0.263 e. The number of fused-ring (bicyclic) bond motifs is 2. The van der Waals surface area contributed by atoms with Crippen LogP contribution < -0.4 is 0 Å². The van der Waals surface area contributed by atoms with Gasteiger partial charge in [-0.1, -0.05) is 19.3 Å². The first-order chi connectivity index (χ1) is 9.81. The average molecular weight is 289 g/mol. The van der Waals surface area contributed by atoms with Gasteiger partial charge >= 0.3 is 0 Å². The number of hydrogen-bond acceptors (Lipinski definition) is 2. The van der Waals surface area contributed by atoms with Gasteiger partial charge in [-0.15, -0.1) is 11.3 Å². The molecule has 2 aliphatic carbocycles. The molecular weight excluding hydrogens is 266 g/mol. The SMILES string of the molecule is O=C(c1cc2c(s1)CCC2)N1CC[C@@H]2CCCC[C@@H]2C1. The Morgan fingerprint density at radius 1 is 1.10 bits per heavy atom. The summed E-state index contributed by atoms with van der Waals surface area (Å²) < 4.78 is 0. The van der Waals surface area contributed by atoms with Crippen molar-refractivity contribution in [3.05, 3.63) is 21.4 Å². The van der Waals surface area contributed by atoms with Crippen LogP contribution in [-0.2, 0) is 12.8 Å². The van der Waals surface area contributed by atoms with Crippen LogP contribution in [0.2, 0.25) is 0 Å². The van der Waals surface area contributed by atoms with Gasteiger partial charge in [-0.2, -0.15) is 0 Å². The predicted octanol–water partition coefficient (Wildman–Crippen LogP) is 3.89. The lowest BCUT2D eigenvalue weighted by Gasteiger charge is -2.41. The van der Waals surface area contributed by atoms with Crippen molar-refractivity contribution < 1.29 is 4.79 Å². The van der Waals surface area contributed by atoms with Crippen LogP contribution in [0, 0.1) is 11.8 Å². The van der Waals surface area contributed by atoms with E-state index in [9.17, 15) is 4.79 Å². The minimum atomic E-state index is 0.313. The Bertz CT molecular complexity index is 500. The van der Waals surface area contributed by atoms with Gasteiger partial charge in [0.15, 0.2) is 0 Å². The minimum Gasteiger partial charge on any atom is -0.338 e. The van der Waals surface area contributed by atoms with Crippen LogP contribution in [0.15, 0.2) is 6.07 Å². The number of likely N-dealkylation sites (tertiary alicyclic amines) is 1. The largest absolute Gasteiger partial charge is 0.338 e. The molecule has 0 radical (unpaired) electrons. The second kappa shape index (κ2) is 5.18. The van der Waals surface area contributed by atoms with E-state index in [0.717, 1.165) is 29.8 Å². The van der Waals surface area contributed by atoms with Crippen LogP contribution in [-0.4, -0.2) is 23.9 Å². The molecular formula is C17H23NOS. The zero-order chi connectivity index (χ0) is 13.5. The Morgan fingerprint density at radius 3 is 2.80 bits per heavy atom. The fourth-order valence-electron chi connectivity index (χ4n) is 4.38. The summed E-state index contributed by atoms with van der Waals surface area (Å²) in [4.78, 5) is 17.3. The summed E-state index contributed by atoms with van der Waals surface area (Å²) in [5, 5.41) is 0. The van der Waals surface area contributed by atoms with Gasteiger partial charge in [0.1, 0.15) is 0 Å². The molecule has 0 bridgehead atoms. The van der Waals surface area contributed by atoms with E-state index >= 15 is 0 Å². The first-order valence-corrected chi connectivity index (χ1v) is 9.04. The van der Waals surface area contributed by atoms with Crippen LogP contribution in [0.5, 0.6) is 0 Å². The van der Waals surface area contributed by atoms with Crippen molar-refractivity contribution in [2.24, 2.45) is 11.8 Å². The van der Waals surface area contributed by atoms with E-state index in [0.29, 0.717) is 5.91 Å². The van der Waals surface area contributed by atoms with Crippen molar-refractivity contribution in [1.29, 1.82) is 0 Å². The van der Waals surface area contributed by atoms with E-state index in [1.165, 1.54) is 61.8 Å². The zero-order valence-electron chi connectivity index (χ0n) is 12.1. The lowest BCUT2D eigenvalue weighted by molar-refractivity contribution is 0.0525. The van der Waals surface area contributed by atoms with Crippen LogP contribution in [0.1, 0.15) is 58.6 Å². The number of carbonyl (C=O) groups is 1. The van der Waals surface area contributed by atoms with Gasteiger partial charge in [-0.05, 0) is 55.6 Å². The maximum absolute atomic E-state index is 12.7. The summed E-state index contributed by atoms with van der Waals surface area (Å²) in [5.74, 6) is 2.00. The fraction of sp³-hybridized carbons (Fsp3) is 0.706. The monoisotopic (exact) mass is 289 g/mol. The highest BCUT2D eigenvalue weighted by Gasteiger charge is 2.33. The minimum absolute atomic E-state index is 0.313. The summed E-state index contributed by atoms with van der Waals surface area (Å²) in [6, 6.07) is 2.18. The van der Waals surface area contributed by atoms with E-state index in [-0.39, 0.29) is 0 Å². The molecule has 1 saturated carbocycles. The quantitative estimate of drug-likeness (QED) is 0.768. The number of hydrogen-bond donors (Lipinski definition) is 0. The zero-order valence-corrected chi connectivity index (χ0v) is 12.9. The molecule has 1 amide bonds. The lowest BCUT2D eigenvalue weighted by atomic mass is 9.75. The maximum Gasteiger partial charge on any atom is 0.263 e. The highest BCUT2D eigenvalue weighted by Crippen LogP contribution is 2.37. The van der Waals surface area contributed by atoms with Gasteiger partial charge in [-0.25, -0.2) is 0 Å². The molecule has 0 unspecified atom stereocenters. The second-order valence-electron chi connectivity index (χ2n) is 6.76. The highest BCUT2D eigenvalue weighted by molar-refractivity contribution is 7.14. The number of thiophene rings is 1. The Morgan fingerprint density at radius 2 is 1.95 bits per heavy atom. The van der Waals surface area contributed by atoms with Gasteiger partial charge in [-0.3, -0.25) is 4.79 Å². The Labute approximate surface area is 125 Å². The van der Waals surface area contributed by atoms with Crippen molar-refractivity contribution in [2.45, 2.75) is 51.4 Å². The van der Waals surface area contributed by atoms with Crippen molar-refractivity contribution >= 4 is 17.2 Å². The van der Waals surface area contributed by atoms with E-state index < -0.39 is 0 Å². The van der Waals surface area contributed by atoms with E-state index in [4.69, 9.17) is 0 Å². The molecule has 2 atom stereocenters. The fourth-order valence-corrected chi connectivity index (χ4v) is 5.60. The molecule has 108 valence electrons. The molecule has 2 heterocycles. The Kier molecular flexibility index (Phi) is 3.33. The first kappa shape index (κ1) is 12.9. The molecule has 1 aromatic rings. The number of carbonyl (C=O) groups excluding carboxylic acids is 1. The van der Waals surface area contributed by atoms with E-state index in [1.807, 2.05) is 0 Å². The number of piperidine rings is 1. The Balaban J connectivity index is 1.48. The van der Waals surface area contributed by atoms with Crippen molar-refractivity contribution in [2.75, 3.05) is 13.1 Å². The molecule has 1 aliphatic heterocycles. The van der Waals surface area contributed by atoms with Crippen molar-refractivity contribution in [3.8, 4) is 0 Å². The van der Waals surface area contributed by atoms with Gasteiger partial charge in [0.25, 0.3) is 5.91 Å². The molecule has 4 rings (SSSR count). The lowest BCUT2D eigenvalue weighted by Crippen LogP contribution is -2.44. The van der Waals surface area contributed by atoms with Gasteiger partial charge in [0, 0.05) is 18.0 Å². The summed E-state index contributed by atoms with van der Waals surface area (Å²) in [7, 11) is 0. The van der Waals surface area contributed by atoms with Crippen LogP contribution in [0.4, 0.5) is 0 Å². The summed E-state index contributed by atoms with van der Waals surface area (Å²) in [6.45, 7) is 2.01. The van der Waals surface area contributed by atoms with Crippen LogP contribution >= 0.6 is 11.3 Å². The summed E-state index contributed by atoms with van der Waals surface area (Å²) in [6.07, 6.45) is 10.4. The molecule has 2 fully saturated rings. The second-order valence-corrected chi connectivity index (χ2v) is 7.89. The van der Waals surface area contributed by atoms with Crippen molar-refractivity contribution in [1.82, 2.24) is 4.90 Å². The highest BCUT2D eigenvalue weighted by atomic mass is 32.1. The number of nitrogens with zero attached hydrogens (tertiary/aromatic N) is 1. The third-order valence-electron chi connectivity index (χ3n) is 5.54. The predicted molar refractivity (Wildman–Crippen MR) is 82.3 cm³/mol. The van der Waals surface area contributed by atoms with E-state index in [2.05, 4.69) is 11.0 Å². The molecule has 0 N–H and O–H groups in total. The third-order valence-corrected chi connectivity index (χ3v) is 6.76. The number of rotatable bonds is 1. The molecule has 20 heavy (non-hydrogen) atoms. The topological polar surface area (TPSA) is 20.3 Å². The molecule has 0 aromatic carbocycles. The van der Waals surface area contributed by atoms with Crippen molar-refractivity contribution in [3.63, 3.8) is 0 Å². The summed E-state index contributed by atoms with van der Waals surface area (Å²) in [5.41, 5.74) is 1.45. The third kappa shape index (κ3) is 2.20. The maximum atomic E-state index is 12.7. The number of amides is 1. The normalized spacial score (nSPS) is 29.1. The standard InChI is InChI=1S/C17H23NOS/c19-17(16-10-13-6-3-7-15(13)20-16)18-9-8-12-4-1-2-5-14(12)11-18/h10,12,14H,1-9,11H2/t12-,14+/m0/s1. The van der Waals surface area contributed by atoms with Crippen LogP contribution in [0.25, 0.3) is 0 Å². The molecule has 2 nitrogen and oxygen atoms in total. The van der Waals surface area contributed by atoms with Gasteiger partial charge in [0.05, 0.1) is 4.88 Å². The molecule has 3 aliphatic rings. The van der Waals surface area contributed by atoms with Gasteiger partial charge < -0.3 is 4.90 Å². The summed E-state index contributed by atoms with van der Waals surface area (Å²) >= 11 is 1.76. The molecule has 0 spiro atoms. The molecule has 3 heteroatoms. The molecule has 1 aromatic heterocycles. The Hall–Kier alpha value is -0.830.